The fourth-order valence-electron chi connectivity index (χ4n) is 3.49. The zero-order valence-corrected chi connectivity index (χ0v) is 17.7. The average Bonchev–Trinajstić information content (AvgIpc) is 2.66. The number of aryl methyl sites for hydroxylation is 2. The Labute approximate surface area is 177 Å². The molecule has 1 atom stereocenters. The summed E-state index contributed by atoms with van der Waals surface area (Å²) >= 11 is 6.39. The highest BCUT2D eigenvalue weighted by molar-refractivity contribution is 6.31. The van der Waals surface area contributed by atoms with Crippen molar-refractivity contribution >= 4 is 17.4 Å². The summed E-state index contributed by atoms with van der Waals surface area (Å²) in [5.41, 5.74) is 1.10. The monoisotopic (exact) mass is 431 g/mol. The maximum absolute atomic E-state index is 15.0. The van der Waals surface area contributed by atoms with Gasteiger partial charge in [0, 0.05) is 25.0 Å². The molecule has 0 aromatic carbocycles. The highest BCUT2D eigenvalue weighted by Gasteiger charge is 2.23. The molecule has 3 heterocycles. The van der Waals surface area contributed by atoms with E-state index >= 15 is 4.39 Å². The van der Waals surface area contributed by atoms with Gasteiger partial charge in [0.1, 0.15) is 16.5 Å². The summed E-state index contributed by atoms with van der Waals surface area (Å²) in [5, 5.41) is -0.0579. The van der Waals surface area contributed by atoms with Crippen LogP contribution in [0.2, 0.25) is 5.02 Å². The normalized spacial score (nSPS) is 12.1. The number of nitrogens with zero attached hydrogens (tertiary/aromatic N) is 3. The number of Topliss-reactive ketones (excluding diaryl/α,β-unsaturated/α-hetero) is 1. The lowest BCUT2D eigenvalue weighted by atomic mass is 9.94. The van der Waals surface area contributed by atoms with E-state index in [9.17, 15) is 14.0 Å². The van der Waals surface area contributed by atoms with Gasteiger partial charge in [-0.1, -0.05) is 18.5 Å². The van der Waals surface area contributed by atoms with Crippen molar-refractivity contribution in [1.29, 1.82) is 0 Å². The summed E-state index contributed by atoms with van der Waals surface area (Å²) in [6.45, 7) is 6.33. The van der Waals surface area contributed by atoms with Crippen LogP contribution in [0.3, 0.4) is 0 Å². The Kier molecular flexibility index (Phi) is 6.12. The molecule has 0 amide bonds. The lowest BCUT2D eigenvalue weighted by Gasteiger charge is -2.19. The molecule has 3 aromatic rings. The molecule has 0 radical (unpaired) electrons. The molecule has 30 heavy (non-hydrogen) atoms. The first-order valence-corrected chi connectivity index (χ1v) is 9.67. The molecule has 156 valence electrons. The van der Waals surface area contributed by atoms with Crippen molar-refractivity contribution < 1.29 is 13.6 Å². The summed E-state index contributed by atoms with van der Waals surface area (Å²) in [6, 6.07) is 3.08. The van der Waals surface area contributed by atoms with E-state index in [0.717, 1.165) is 10.8 Å². The van der Waals surface area contributed by atoms with Crippen LogP contribution in [0.5, 0.6) is 0 Å². The Morgan fingerprint density at radius 2 is 1.90 bits per heavy atom. The van der Waals surface area contributed by atoms with E-state index in [1.165, 1.54) is 19.2 Å². The van der Waals surface area contributed by atoms with E-state index in [1.54, 1.807) is 26.1 Å². The highest BCUT2D eigenvalue weighted by atomic mass is 35.5. The summed E-state index contributed by atoms with van der Waals surface area (Å²) in [5.74, 6) is -2.06. The molecule has 5 nitrogen and oxygen atoms in total. The van der Waals surface area contributed by atoms with Gasteiger partial charge in [0.15, 0.2) is 11.6 Å². The van der Waals surface area contributed by atoms with Crippen molar-refractivity contribution in [1.82, 2.24) is 14.5 Å². The predicted molar refractivity (Wildman–Crippen MR) is 111 cm³/mol. The van der Waals surface area contributed by atoms with Gasteiger partial charge in [0.2, 0.25) is 0 Å². The molecule has 0 aliphatic heterocycles. The lowest BCUT2D eigenvalue weighted by Crippen LogP contribution is -2.26. The molecular formula is C22H20ClF2N3O2. The van der Waals surface area contributed by atoms with Gasteiger partial charge in [-0.15, -0.1) is 0 Å². The van der Waals surface area contributed by atoms with Gasteiger partial charge in [0.25, 0.3) is 5.56 Å². The molecular weight excluding hydrogens is 412 g/mol. The van der Waals surface area contributed by atoms with Gasteiger partial charge in [-0.2, -0.15) is 0 Å². The number of hydrogen-bond donors (Lipinski definition) is 0. The number of pyridine rings is 3. The Hall–Kier alpha value is -2.93. The summed E-state index contributed by atoms with van der Waals surface area (Å²) in [4.78, 5) is 32.5. The minimum Gasteiger partial charge on any atom is -0.293 e. The Morgan fingerprint density at radius 3 is 2.53 bits per heavy atom. The zero-order chi connectivity index (χ0) is 22.2. The number of aromatic nitrogens is 3. The van der Waals surface area contributed by atoms with E-state index in [1.807, 2.05) is 6.92 Å². The van der Waals surface area contributed by atoms with Crippen molar-refractivity contribution in [2.75, 3.05) is 0 Å². The fraction of sp³-hybridized carbons (Fsp3) is 0.273. The molecule has 0 fully saturated rings. The first kappa shape index (κ1) is 21.8. The van der Waals surface area contributed by atoms with Crippen LogP contribution in [0.15, 0.2) is 35.5 Å². The molecule has 3 aromatic heterocycles. The SMILES string of the molecule is CC(=O)c1ncc(C)c(-n2c(C)cc([C@H](C)Cc3cncc(F)c3)c(Cl)c2=O)c1F. The Bertz CT molecular complexity index is 1210. The van der Waals surface area contributed by atoms with Crippen LogP contribution in [-0.2, 0) is 6.42 Å². The standard InChI is InChI=1S/C22H20ClF2N3O2/c1-11(5-15-7-16(24)10-26-9-15)17-6-13(3)28(22(30)18(17)23)21-12(2)8-27-20(14(4)29)19(21)25/h6-11H,5H2,1-4H3/t11-/m1/s1. The quantitative estimate of drug-likeness (QED) is 0.548. The molecule has 3 rings (SSSR count). The fourth-order valence-corrected chi connectivity index (χ4v) is 3.81. The van der Waals surface area contributed by atoms with E-state index < -0.39 is 23.0 Å². The van der Waals surface area contributed by atoms with E-state index in [-0.39, 0.29) is 22.3 Å². The largest absolute Gasteiger partial charge is 0.293 e. The van der Waals surface area contributed by atoms with Gasteiger partial charge in [-0.25, -0.2) is 13.8 Å². The summed E-state index contributed by atoms with van der Waals surface area (Å²) in [6.07, 6.45) is 4.45. The van der Waals surface area contributed by atoms with Crippen molar-refractivity contribution in [3.8, 4) is 5.69 Å². The minimum absolute atomic E-state index is 0.0480. The smallest absolute Gasteiger partial charge is 0.274 e. The van der Waals surface area contributed by atoms with Crippen molar-refractivity contribution in [3.05, 3.63) is 85.8 Å². The third-order valence-corrected chi connectivity index (χ3v) is 5.31. The van der Waals surface area contributed by atoms with Crippen LogP contribution in [-0.4, -0.2) is 20.3 Å². The second kappa shape index (κ2) is 8.44. The number of ketones is 1. The minimum atomic E-state index is -0.865. The number of rotatable bonds is 5. The van der Waals surface area contributed by atoms with Crippen molar-refractivity contribution in [2.45, 2.75) is 40.0 Å². The average molecular weight is 432 g/mol. The van der Waals surface area contributed by atoms with E-state index in [4.69, 9.17) is 11.6 Å². The number of hydrogen-bond acceptors (Lipinski definition) is 4. The van der Waals surface area contributed by atoms with Crippen LogP contribution in [0.25, 0.3) is 5.69 Å². The van der Waals surface area contributed by atoms with Crippen LogP contribution in [0.4, 0.5) is 8.78 Å². The Balaban J connectivity index is 2.12. The highest BCUT2D eigenvalue weighted by Crippen LogP contribution is 2.28. The van der Waals surface area contributed by atoms with Crippen LogP contribution < -0.4 is 5.56 Å². The predicted octanol–water partition coefficient (Wildman–Crippen LogP) is 4.72. The molecule has 0 saturated heterocycles. The van der Waals surface area contributed by atoms with E-state index in [2.05, 4.69) is 9.97 Å². The molecule has 0 aliphatic carbocycles. The third-order valence-electron chi connectivity index (χ3n) is 4.93. The first-order valence-electron chi connectivity index (χ1n) is 9.29. The number of halogens is 3. The Morgan fingerprint density at radius 1 is 1.20 bits per heavy atom. The van der Waals surface area contributed by atoms with Crippen LogP contribution >= 0.6 is 11.6 Å². The molecule has 0 bridgehead atoms. The summed E-state index contributed by atoms with van der Waals surface area (Å²) in [7, 11) is 0. The lowest BCUT2D eigenvalue weighted by molar-refractivity contribution is 0.100. The summed E-state index contributed by atoms with van der Waals surface area (Å²) < 4.78 is 29.6. The molecule has 0 spiro atoms. The molecule has 8 heteroatoms. The van der Waals surface area contributed by atoms with E-state index in [0.29, 0.717) is 28.8 Å². The second-order valence-electron chi connectivity index (χ2n) is 7.32. The van der Waals surface area contributed by atoms with Gasteiger partial charge >= 0.3 is 0 Å². The van der Waals surface area contributed by atoms with Crippen LogP contribution in [0, 0.1) is 25.5 Å². The topological polar surface area (TPSA) is 64.8 Å². The maximum atomic E-state index is 15.0. The molecule has 0 unspecified atom stereocenters. The van der Waals surface area contributed by atoms with Crippen molar-refractivity contribution in [3.63, 3.8) is 0 Å². The van der Waals surface area contributed by atoms with Crippen molar-refractivity contribution in [2.24, 2.45) is 0 Å². The second-order valence-corrected chi connectivity index (χ2v) is 7.70. The third kappa shape index (κ3) is 4.03. The number of carbonyl (C=O) groups is 1. The van der Waals surface area contributed by atoms with Crippen LogP contribution in [0.1, 0.15) is 52.6 Å². The number of carbonyl (C=O) groups excluding carboxylic acids is 1. The van der Waals surface area contributed by atoms with Gasteiger partial charge in [-0.05, 0) is 55.0 Å². The molecule has 0 aliphatic rings. The first-order chi connectivity index (χ1) is 14.1. The van der Waals surface area contributed by atoms with Gasteiger partial charge < -0.3 is 0 Å². The van der Waals surface area contributed by atoms with Gasteiger partial charge in [-0.3, -0.25) is 19.1 Å². The maximum Gasteiger partial charge on any atom is 0.274 e. The molecule has 0 saturated carbocycles. The molecule has 0 N–H and O–H groups in total. The zero-order valence-electron chi connectivity index (χ0n) is 17.0. The van der Waals surface area contributed by atoms with Gasteiger partial charge in [0.05, 0.1) is 11.9 Å².